The van der Waals surface area contributed by atoms with Gasteiger partial charge in [0.2, 0.25) is 0 Å². The van der Waals surface area contributed by atoms with Gasteiger partial charge in [0.1, 0.15) is 0 Å². The summed E-state index contributed by atoms with van der Waals surface area (Å²) in [6, 6.07) is 0. The molecule has 0 amide bonds. The van der Waals surface area contributed by atoms with Gasteiger partial charge in [-0.25, -0.2) is 0 Å². The Hall–Kier alpha value is -0.0900. The molecule has 0 saturated heterocycles. The predicted molar refractivity (Wildman–Crippen MR) is 58.6 cm³/mol. The highest BCUT2D eigenvalue weighted by Crippen LogP contribution is 2.14. The third-order valence-electron chi connectivity index (χ3n) is 2.14. The van der Waals surface area contributed by atoms with E-state index in [2.05, 4.69) is 25.0 Å². The molecule has 0 rings (SSSR count). The van der Waals surface area contributed by atoms with Crippen LogP contribution in [-0.2, 0) is 14.3 Å². The van der Waals surface area contributed by atoms with Crippen LogP contribution in [0.4, 0.5) is 0 Å². The molecular weight excluding hydrogens is 200 g/mol. The second-order valence-electron chi connectivity index (χ2n) is 4.39. The summed E-state index contributed by atoms with van der Waals surface area (Å²) >= 11 is 0. The molecule has 0 saturated carbocycles. The zero-order valence-corrected chi connectivity index (χ0v) is 10.4. The molecule has 0 aromatic rings. The second kappa shape index (κ2) is 6.40. The lowest BCUT2D eigenvalue weighted by atomic mass is 9.97. The topological polar surface area (TPSA) is 43.4 Å². The van der Waals surface area contributed by atoms with Crippen LogP contribution in [0, 0.1) is 11.8 Å². The summed E-state index contributed by atoms with van der Waals surface area (Å²) in [5, 5.41) is 0. The van der Waals surface area contributed by atoms with Crippen LogP contribution in [0.3, 0.4) is 0 Å². The molecule has 0 bridgehead atoms. The molecule has 0 aromatic heterocycles. The maximum atomic E-state index is 10.7. The van der Waals surface area contributed by atoms with Crippen molar-refractivity contribution < 1.29 is 12.6 Å². The summed E-state index contributed by atoms with van der Waals surface area (Å²) in [5.41, 5.74) is 0. The molecular formula is C10H22O3S. The van der Waals surface area contributed by atoms with Gasteiger partial charge < -0.3 is 0 Å². The van der Waals surface area contributed by atoms with Crippen molar-refractivity contribution in [2.75, 3.05) is 12.9 Å². The van der Waals surface area contributed by atoms with Crippen molar-refractivity contribution in [1.29, 1.82) is 0 Å². The van der Waals surface area contributed by atoms with E-state index in [-0.39, 0.29) is 0 Å². The minimum absolute atomic E-state index is 0.318. The fraction of sp³-hybridized carbons (Fsp3) is 1.00. The van der Waals surface area contributed by atoms with Crippen LogP contribution in [0.15, 0.2) is 0 Å². The predicted octanol–water partition coefficient (Wildman–Crippen LogP) is 2.43. The minimum Gasteiger partial charge on any atom is -0.270 e. The van der Waals surface area contributed by atoms with Gasteiger partial charge >= 0.3 is 0 Å². The van der Waals surface area contributed by atoms with Gasteiger partial charge in [-0.2, -0.15) is 8.42 Å². The van der Waals surface area contributed by atoms with Crippen molar-refractivity contribution in [3.63, 3.8) is 0 Å². The molecule has 0 aliphatic rings. The molecule has 0 aliphatic carbocycles. The van der Waals surface area contributed by atoms with E-state index in [1.165, 1.54) is 6.42 Å². The Morgan fingerprint density at radius 1 is 1.07 bits per heavy atom. The maximum Gasteiger partial charge on any atom is 0.264 e. The van der Waals surface area contributed by atoms with E-state index in [0.717, 1.165) is 19.1 Å². The molecule has 3 nitrogen and oxygen atoms in total. The smallest absolute Gasteiger partial charge is 0.264 e. The average Bonchev–Trinajstić information content (AvgIpc) is 1.98. The van der Waals surface area contributed by atoms with E-state index in [1.54, 1.807) is 0 Å². The Kier molecular flexibility index (Phi) is 6.36. The van der Waals surface area contributed by atoms with Crippen LogP contribution in [0.25, 0.3) is 0 Å². The summed E-state index contributed by atoms with van der Waals surface area (Å²) in [4.78, 5) is 0. The minimum atomic E-state index is -3.25. The molecule has 1 atom stereocenters. The van der Waals surface area contributed by atoms with Crippen molar-refractivity contribution in [1.82, 2.24) is 0 Å². The van der Waals surface area contributed by atoms with Gasteiger partial charge in [0.05, 0.1) is 12.9 Å². The van der Waals surface area contributed by atoms with Crippen molar-refractivity contribution in [2.24, 2.45) is 11.8 Å². The normalized spacial score (nSPS) is 14.6. The van der Waals surface area contributed by atoms with Gasteiger partial charge in [-0.05, 0) is 18.3 Å². The van der Waals surface area contributed by atoms with Gasteiger partial charge in [0.25, 0.3) is 10.1 Å². The standard InChI is InChI=1S/C10H22O3S/c1-9(2)5-6-10(3)7-8-13-14(4,11)12/h9-10H,5-8H2,1-4H3. The lowest BCUT2D eigenvalue weighted by Gasteiger charge is -2.12. The summed E-state index contributed by atoms with van der Waals surface area (Å²) in [6.07, 6.45) is 4.25. The fourth-order valence-corrected chi connectivity index (χ4v) is 1.56. The number of rotatable bonds is 7. The average molecular weight is 222 g/mol. The molecule has 0 fully saturated rings. The molecule has 0 aromatic carbocycles. The molecule has 0 spiro atoms. The summed E-state index contributed by atoms with van der Waals surface area (Å²) in [6.45, 7) is 6.84. The first kappa shape index (κ1) is 13.9. The largest absolute Gasteiger partial charge is 0.270 e. The van der Waals surface area contributed by atoms with Gasteiger partial charge in [-0.1, -0.05) is 33.6 Å². The van der Waals surface area contributed by atoms with Crippen LogP contribution in [0.2, 0.25) is 0 Å². The van der Waals surface area contributed by atoms with Gasteiger partial charge in [0, 0.05) is 0 Å². The third kappa shape index (κ3) is 9.99. The first-order valence-corrected chi connectivity index (χ1v) is 6.97. The molecule has 0 radical (unpaired) electrons. The van der Waals surface area contributed by atoms with Crippen LogP contribution < -0.4 is 0 Å². The van der Waals surface area contributed by atoms with Crippen molar-refractivity contribution >= 4 is 10.1 Å². The van der Waals surface area contributed by atoms with Crippen LogP contribution in [0.1, 0.15) is 40.0 Å². The summed E-state index contributed by atoms with van der Waals surface area (Å²) in [7, 11) is -3.25. The molecule has 4 heteroatoms. The first-order valence-electron chi connectivity index (χ1n) is 5.15. The Morgan fingerprint density at radius 3 is 2.07 bits per heavy atom. The monoisotopic (exact) mass is 222 g/mol. The van der Waals surface area contributed by atoms with Gasteiger partial charge in [-0.15, -0.1) is 0 Å². The molecule has 1 unspecified atom stereocenters. The Balaban J connectivity index is 3.50. The number of hydrogen-bond acceptors (Lipinski definition) is 3. The zero-order chi connectivity index (χ0) is 11.2. The van der Waals surface area contributed by atoms with E-state index in [9.17, 15) is 8.42 Å². The highest BCUT2D eigenvalue weighted by Gasteiger charge is 2.06. The van der Waals surface area contributed by atoms with Crippen molar-refractivity contribution in [3.05, 3.63) is 0 Å². The summed E-state index contributed by atoms with van der Waals surface area (Å²) < 4.78 is 26.0. The molecule has 14 heavy (non-hydrogen) atoms. The third-order valence-corrected chi connectivity index (χ3v) is 2.74. The Labute approximate surface area is 88.0 Å². The van der Waals surface area contributed by atoms with E-state index in [1.807, 2.05) is 0 Å². The quantitative estimate of drug-likeness (QED) is 0.621. The van der Waals surface area contributed by atoms with E-state index >= 15 is 0 Å². The van der Waals surface area contributed by atoms with E-state index < -0.39 is 10.1 Å². The fourth-order valence-electron chi connectivity index (χ4n) is 1.16. The van der Waals surface area contributed by atoms with Crippen molar-refractivity contribution in [3.8, 4) is 0 Å². The SMILES string of the molecule is CC(C)CCC(C)CCOS(C)(=O)=O. The Morgan fingerprint density at radius 2 is 1.64 bits per heavy atom. The van der Waals surface area contributed by atoms with Crippen molar-refractivity contribution in [2.45, 2.75) is 40.0 Å². The highest BCUT2D eigenvalue weighted by molar-refractivity contribution is 7.85. The molecule has 0 heterocycles. The van der Waals surface area contributed by atoms with E-state index in [0.29, 0.717) is 18.4 Å². The lowest BCUT2D eigenvalue weighted by molar-refractivity contribution is 0.280. The zero-order valence-electron chi connectivity index (χ0n) is 9.62. The number of hydrogen-bond donors (Lipinski definition) is 0. The first-order chi connectivity index (χ1) is 6.31. The second-order valence-corrected chi connectivity index (χ2v) is 6.04. The van der Waals surface area contributed by atoms with E-state index in [4.69, 9.17) is 0 Å². The molecule has 86 valence electrons. The molecule has 0 aliphatic heterocycles. The lowest BCUT2D eigenvalue weighted by Crippen LogP contribution is -2.08. The maximum absolute atomic E-state index is 10.7. The Bertz CT molecular complexity index is 232. The van der Waals surface area contributed by atoms with Gasteiger partial charge in [-0.3, -0.25) is 4.18 Å². The highest BCUT2D eigenvalue weighted by atomic mass is 32.2. The van der Waals surface area contributed by atoms with Crippen LogP contribution in [-0.4, -0.2) is 21.3 Å². The summed E-state index contributed by atoms with van der Waals surface area (Å²) in [5.74, 6) is 1.26. The molecule has 0 N–H and O–H groups in total. The van der Waals surface area contributed by atoms with Crippen LogP contribution >= 0.6 is 0 Å². The van der Waals surface area contributed by atoms with Gasteiger partial charge in [0.15, 0.2) is 0 Å². The van der Waals surface area contributed by atoms with Crippen LogP contribution in [0.5, 0.6) is 0 Å².